The molecule has 0 amide bonds. The lowest BCUT2D eigenvalue weighted by atomic mass is 9.73. The molecular formula is C10Cl8O2. The van der Waals surface area contributed by atoms with Gasteiger partial charge in [0.05, 0.1) is 20.1 Å². The van der Waals surface area contributed by atoms with Crippen LogP contribution in [0.2, 0.25) is 0 Å². The fourth-order valence-corrected chi connectivity index (χ4v) is 6.34. The standard InChI is InChI=1S/C10Cl8O2/c11-1-2(12)8(16)5(19)7(1,15)9(17)3(13)4(14)10(8,18)6(9)20/t7-,8+,9-,10+. The van der Waals surface area contributed by atoms with E-state index in [1.165, 1.54) is 0 Å². The summed E-state index contributed by atoms with van der Waals surface area (Å²) in [5.74, 6) is -1.86. The first kappa shape index (κ1) is 16.0. The van der Waals surface area contributed by atoms with Crippen LogP contribution in [0.15, 0.2) is 20.1 Å². The zero-order valence-corrected chi connectivity index (χ0v) is 14.9. The summed E-state index contributed by atoms with van der Waals surface area (Å²) in [7, 11) is 0. The molecule has 0 aromatic rings. The summed E-state index contributed by atoms with van der Waals surface area (Å²) in [6, 6.07) is 0. The van der Waals surface area contributed by atoms with E-state index in [1.54, 1.807) is 0 Å². The maximum atomic E-state index is 12.6. The van der Waals surface area contributed by atoms with Gasteiger partial charge in [0, 0.05) is 0 Å². The number of allylic oxidation sites excluding steroid dienone is 4. The summed E-state index contributed by atoms with van der Waals surface area (Å²) < 4.78 is 0. The lowest BCUT2D eigenvalue weighted by Gasteiger charge is -2.44. The van der Waals surface area contributed by atoms with Gasteiger partial charge in [-0.2, -0.15) is 0 Å². The topological polar surface area (TPSA) is 34.1 Å². The summed E-state index contributed by atoms with van der Waals surface area (Å²) in [5, 5.41) is -1.52. The van der Waals surface area contributed by atoms with Crippen molar-refractivity contribution in [2.75, 3.05) is 0 Å². The SMILES string of the molecule is O=C1[C@@]2(Cl)C(Cl)=C(Cl)[C@]1(Cl)[C@]1(Cl)C(=O)[C@@]2(Cl)C(Cl)=C1Cl. The predicted molar refractivity (Wildman–Crippen MR) is 81.8 cm³/mol. The molecule has 0 saturated heterocycles. The highest BCUT2D eigenvalue weighted by molar-refractivity contribution is 6.76. The Balaban J connectivity index is 2.56. The van der Waals surface area contributed by atoms with E-state index in [9.17, 15) is 9.59 Å². The third kappa shape index (κ3) is 1.12. The average Bonchev–Trinajstić information content (AvgIpc) is 2.63. The van der Waals surface area contributed by atoms with Crippen molar-refractivity contribution in [2.24, 2.45) is 0 Å². The number of hydrogen-bond donors (Lipinski definition) is 0. The molecule has 3 rings (SSSR count). The normalized spacial score (nSPS) is 50.6. The molecule has 0 unspecified atom stereocenters. The van der Waals surface area contributed by atoms with Crippen LogP contribution in [0.5, 0.6) is 0 Å². The largest absolute Gasteiger partial charge is 0.295 e. The molecule has 3 aliphatic carbocycles. The second kappa shape index (κ2) is 3.96. The minimum atomic E-state index is -2.24. The fourth-order valence-electron chi connectivity index (χ4n) is 2.71. The van der Waals surface area contributed by atoms with Crippen molar-refractivity contribution in [3.8, 4) is 0 Å². The third-order valence-corrected chi connectivity index (χ3v) is 9.04. The lowest BCUT2D eigenvalue weighted by molar-refractivity contribution is -0.133. The van der Waals surface area contributed by atoms with Crippen LogP contribution < -0.4 is 0 Å². The van der Waals surface area contributed by atoms with Crippen LogP contribution in [0.1, 0.15) is 0 Å². The van der Waals surface area contributed by atoms with Gasteiger partial charge in [-0.3, -0.25) is 9.59 Å². The van der Waals surface area contributed by atoms with Gasteiger partial charge in [-0.15, -0.1) is 46.4 Å². The first-order valence-corrected chi connectivity index (χ1v) is 7.94. The van der Waals surface area contributed by atoms with Crippen LogP contribution in [0.3, 0.4) is 0 Å². The molecule has 0 radical (unpaired) electrons. The van der Waals surface area contributed by atoms with Gasteiger partial charge in [0.15, 0.2) is 31.1 Å². The summed E-state index contributed by atoms with van der Waals surface area (Å²) in [4.78, 5) is 16.3. The molecule has 0 N–H and O–H groups in total. The van der Waals surface area contributed by atoms with Crippen molar-refractivity contribution in [1.29, 1.82) is 0 Å². The maximum Gasteiger partial charge on any atom is 0.190 e. The molecule has 0 aliphatic heterocycles. The number of carbonyl (C=O) groups is 2. The Morgan fingerprint density at radius 2 is 0.650 bits per heavy atom. The molecular weight excluding hydrogens is 436 g/mol. The van der Waals surface area contributed by atoms with Gasteiger partial charge in [0.25, 0.3) is 0 Å². The van der Waals surface area contributed by atoms with Crippen LogP contribution in [0.25, 0.3) is 0 Å². The summed E-state index contributed by atoms with van der Waals surface area (Å²) >= 11 is 49.0. The Labute approximate surface area is 152 Å². The molecule has 3 aliphatic rings. The van der Waals surface area contributed by atoms with E-state index >= 15 is 0 Å². The second-order valence-electron chi connectivity index (χ2n) is 4.55. The molecule has 0 spiro atoms. The first-order valence-electron chi connectivity index (χ1n) is 4.92. The minimum absolute atomic E-state index is 0.381. The highest BCUT2D eigenvalue weighted by atomic mass is 35.5. The molecule has 2 nitrogen and oxygen atoms in total. The van der Waals surface area contributed by atoms with Crippen molar-refractivity contribution in [3.05, 3.63) is 20.1 Å². The number of Topliss-reactive ketones (excluding diaryl/α,β-unsaturated/α-hetero) is 2. The number of ketones is 2. The average molecular weight is 436 g/mol. The Hall–Kier alpha value is 1.14. The molecule has 1 saturated carbocycles. The predicted octanol–water partition coefficient (Wildman–Crippen LogP) is 4.45. The van der Waals surface area contributed by atoms with Crippen LogP contribution in [0, 0.1) is 0 Å². The molecule has 20 heavy (non-hydrogen) atoms. The molecule has 4 atom stereocenters. The van der Waals surface area contributed by atoms with E-state index in [1.807, 2.05) is 0 Å². The second-order valence-corrected chi connectivity index (χ2v) is 8.33. The Kier molecular flexibility index (Phi) is 3.17. The summed E-state index contributed by atoms with van der Waals surface area (Å²) in [6.07, 6.45) is 0. The van der Waals surface area contributed by atoms with E-state index in [0.29, 0.717) is 0 Å². The maximum absolute atomic E-state index is 12.6. The number of hydrogen-bond acceptors (Lipinski definition) is 2. The molecule has 0 aromatic heterocycles. The van der Waals surface area contributed by atoms with Crippen LogP contribution in [-0.4, -0.2) is 31.1 Å². The zero-order chi connectivity index (χ0) is 15.5. The van der Waals surface area contributed by atoms with Crippen LogP contribution in [-0.2, 0) is 9.59 Å². The molecule has 0 heterocycles. The first-order chi connectivity index (χ1) is 8.94. The van der Waals surface area contributed by atoms with Gasteiger partial charge in [0.1, 0.15) is 0 Å². The molecule has 1 fully saturated rings. The number of halogens is 8. The van der Waals surface area contributed by atoms with E-state index in [-0.39, 0.29) is 20.1 Å². The number of fused-ring (bicyclic) bond motifs is 6. The molecule has 4 bridgehead atoms. The molecule has 0 aromatic carbocycles. The van der Waals surface area contributed by atoms with Gasteiger partial charge < -0.3 is 0 Å². The summed E-state index contributed by atoms with van der Waals surface area (Å²) in [6.45, 7) is 0. The number of carbonyl (C=O) groups excluding carboxylic acids is 2. The Bertz CT molecular complexity index is 573. The van der Waals surface area contributed by atoms with E-state index in [4.69, 9.17) is 92.8 Å². The highest BCUT2D eigenvalue weighted by Gasteiger charge is 2.88. The zero-order valence-electron chi connectivity index (χ0n) is 8.84. The lowest BCUT2D eigenvalue weighted by Crippen LogP contribution is -2.70. The van der Waals surface area contributed by atoms with Crippen molar-refractivity contribution >= 4 is 104 Å². The van der Waals surface area contributed by atoms with Crippen molar-refractivity contribution in [2.45, 2.75) is 19.5 Å². The van der Waals surface area contributed by atoms with E-state index < -0.39 is 31.1 Å². The smallest absolute Gasteiger partial charge is 0.190 e. The van der Waals surface area contributed by atoms with Gasteiger partial charge in [-0.1, -0.05) is 46.4 Å². The van der Waals surface area contributed by atoms with Crippen LogP contribution in [0.4, 0.5) is 0 Å². The minimum Gasteiger partial charge on any atom is -0.295 e. The molecule has 108 valence electrons. The van der Waals surface area contributed by atoms with E-state index in [0.717, 1.165) is 0 Å². The molecule has 10 heteroatoms. The third-order valence-electron chi connectivity index (χ3n) is 3.80. The van der Waals surface area contributed by atoms with Gasteiger partial charge >= 0.3 is 0 Å². The summed E-state index contributed by atoms with van der Waals surface area (Å²) in [5.41, 5.74) is 0. The fraction of sp³-hybridized carbons (Fsp3) is 0.400. The van der Waals surface area contributed by atoms with Crippen LogP contribution >= 0.6 is 92.8 Å². The van der Waals surface area contributed by atoms with Gasteiger partial charge in [-0.25, -0.2) is 0 Å². The number of alkyl halides is 4. The van der Waals surface area contributed by atoms with E-state index in [2.05, 4.69) is 0 Å². The van der Waals surface area contributed by atoms with Crippen molar-refractivity contribution in [3.63, 3.8) is 0 Å². The van der Waals surface area contributed by atoms with Crippen molar-refractivity contribution in [1.82, 2.24) is 0 Å². The Morgan fingerprint density at radius 3 is 0.800 bits per heavy atom. The monoisotopic (exact) mass is 432 g/mol. The quantitative estimate of drug-likeness (QED) is 0.527. The van der Waals surface area contributed by atoms with Crippen molar-refractivity contribution < 1.29 is 9.59 Å². The Morgan fingerprint density at radius 1 is 0.500 bits per heavy atom. The highest BCUT2D eigenvalue weighted by Crippen LogP contribution is 2.74. The van der Waals surface area contributed by atoms with Gasteiger partial charge in [-0.05, 0) is 0 Å². The van der Waals surface area contributed by atoms with Gasteiger partial charge in [0.2, 0.25) is 0 Å². The number of rotatable bonds is 0.